The minimum atomic E-state index is 0.0108. The van der Waals surface area contributed by atoms with Crippen molar-refractivity contribution in [3.05, 3.63) is 75.8 Å². The number of nitrogens with zero attached hydrogens (tertiary/aromatic N) is 2. The third-order valence-electron chi connectivity index (χ3n) is 3.71. The van der Waals surface area contributed by atoms with Crippen molar-refractivity contribution in [2.45, 2.75) is 20.4 Å². The maximum absolute atomic E-state index is 12.5. The van der Waals surface area contributed by atoms with Crippen LogP contribution in [-0.2, 0) is 6.54 Å². The summed E-state index contributed by atoms with van der Waals surface area (Å²) in [5, 5.41) is 0.664. The molecule has 0 bridgehead atoms. The Morgan fingerprint density at radius 3 is 2.50 bits per heavy atom. The van der Waals surface area contributed by atoms with Crippen LogP contribution >= 0.6 is 0 Å². The zero-order chi connectivity index (χ0) is 15.5. The van der Waals surface area contributed by atoms with Crippen LogP contribution in [0.25, 0.3) is 23.1 Å². The zero-order valence-electron chi connectivity index (χ0n) is 12.8. The second kappa shape index (κ2) is 5.98. The Hall–Kier alpha value is -2.68. The fourth-order valence-electron chi connectivity index (χ4n) is 2.47. The molecule has 3 nitrogen and oxygen atoms in total. The Labute approximate surface area is 129 Å². The summed E-state index contributed by atoms with van der Waals surface area (Å²) in [6.07, 6.45) is 3.89. The van der Waals surface area contributed by atoms with Crippen molar-refractivity contribution >= 4 is 23.1 Å². The highest BCUT2D eigenvalue weighted by Crippen LogP contribution is 2.11. The number of aromatic nitrogens is 2. The normalized spacial score (nSPS) is 11.4. The lowest BCUT2D eigenvalue weighted by molar-refractivity contribution is 0.708. The second-order valence-corrected chi connectivity index (χ2v) is 5.28. The van der Waals surface area contributed by atoms with E-state index in [1.807, 2.05) is 43.3 Å². The standard InChI is InChI=1S/C19H18N2O/c1-3-21-18(13-12-15-10-8-14(2)9-11-15)20-17-7-5-4-6-16(17)19(21)22/h4-13H,3H2,1-2H3/b13-12+. The topological polar surface area (TPSA) is 34.9 Å². The third kappa shape index (κ3) is 2.70. The molecule has 0 aliphatic rings. The summed E-state index contributed by atoms with van der Waals surface area (Å²) in [6.45, 7) is 4.62. The molecule has 0 unspecified atom stereocenters. The van der Waals surface area contributed by atoms with Gasteiger partial charge in [-0.05, 0) is 37.6 Å². The number of para-hydroxylation sites is 1. The number of fused-ring (bicyclic) bond motifs is 1. The van der Waals surface area contributed by atoms with Gasteiger partial charge >= 0.3 is 0 Å². The maximum atomic E-state index is 12.5. The smallest absolute Gasteiger partial charge is 0.261 e. The first-order chi connectivity index (χ1) is 10.7. The van der Waals surface area contributed by atoms with Crippen molar-refractivity contribution in [2.75, 3.05) is 0 Å². The van der Waals surface area contributed by atoms with E-state index < -0.39 is 0 Å². The number of hydrogen-bond acceptors (Lipinski definition) is 2. The Balaban J connectivity index is 2.09. The van der Waals surface area contributed by atoms with Crippen molar-refractivity contribution in [2.24, 2.45) is 0 Å². The van der Waals surface area contributed by atoms with Gasteiger partial charge in [-0.15, -0.1) is 0 Å². The SMILES string of the molecule is CCn1c(/C=C/c2ccc(C)cc2)nc2ccccc2c1=O. The van der Waals surface area contributed by atoms with Gasteiger partial charge in [0.25, 0.3) is 5.56 Å². The van der Waals surface area contributed by atoms with Gasteiger partial charge in [0, 0.05) is 6.54 Å². The van der Waals surface area contributed by atoms with E-state index in [1.54, 1.807) is 4.57 Å². The molecular formula is C19H18N2O. The molecular weight excluding hydrogens is 272 g/mol. The Morgan fingerprint density at radius 2 is 1.77 bits per heavy atom. The summed E-state index contributed by atoms with van der Waals surface area (Å²) in [5.41, 5.74) is 3.07. The average Bonchev–Trinajstić information content (AvgIpc) is 2.54. The van der Waals surface area contributed by atoms with E-state index >= 15 is 0 Å². The molecule has 110 valence electrons. The van der Waals surface area contributed by atoms with Crippen LogP contribution in [-0.4, -0.2) is 9.55 Å². The Bertz CT molecular complexity index is 889. The second-order valence-electron chi connectivity index (χ2n) is 5.28. The minimum absolute atomic E-state index is 0.0108. The molecule has 0 fully saturated rings. The van der Waals surface area contributed by atoms with Crippen molar-refractivity contribution in [3.63, 3.8) is 0 Å². The maximum Gasteiger partial charge on any atom is 0.261 e. The quantitative estimate of drug-likeness (QED) is 0.733. The van der Waals surface area contributed by atoms with Gasteiger partial charge in [0.1, 0.15) is 5.82 Å². The number of aryl methyl sites for hydroxylation is 1. The summed E-state index contributed by atoms with van der Waals surface area (Å²) in [5.74, 6) is 0.687. The molecule has 22 heavy (non-hydrogen) atoms. The first kappa shape index (κ1) is 14.3. The molecule has 1 aromatic heterocycles. The fourth-order valence-corrected chi connectivity index (χ4v) is 2.47. The van der Waals surface area contributed by atoms with Crippen molar-refractivity contribution in [3.8, 4) is 0 Å². The number of benzene rings is 2. The molecule has 0 saturated heterocycles. The molecule has 3 heteroatoms. The van der Waals surface area contributed by atoms with Crippen LogP contribution in [0.4, 0.5) is 0 Å². The number of rotatable bonds is 3. The lowest BCUT2D eigenvalue weighted by Gasteiger charge is -2.08. The monoisotopic (exact) mass is 290 g/mol. The zero-order valence-corrected chi connectivity index (χ0v) is 12.8. The molecule has 0 N–H and O–H groups in total. The Kier molecular flexibility index (Phi) is 3.88. The van der Waals surface area contributed by atoms with Crippen LogP contribution in [0.1, 0.15) is 23.9 Å². The van der Waals surface area contributed by atoms with Gasteiger partial charge in [-0.25, -0.2) is 4.98 Å². The van der Waals surface area contributed by atoms with Gasteiger partial charge in [0.05, 0.1) is 10.9 Å². The average molecular weight is 290 g/mol. The summed E-state index contributed by atoms with van der Waals surface area (Å²) < 4.78 is 1.70. The van der Waals surface area contributed by atoms with E-state index in [1.165, 1.54) is 5.56 Å². The summed E-state index contributed by atoms with van der Waals surface area (Å²) in [4.78, 5) is 17.1. The van der Waals surface area contributed by atoms with E-state index in [0.717, 1.165) is 11.1 Å². The lowest BCUT2D eigenvalue weighted by Crippen LogP contribution is -2.22. The molecule has 0 aliphatic carbocycles. The molecule has 0 amide bonds. The molecule has 0 radical (unpaired) electrons. The highest BCUT2D eigenvalue weighted by atomic mass is 16.1. The molecule has 0 atom stereocenters. The predicted octanol–water partition coefficient (Wildman–Crippen LogP) is 3.90. The van der Waals surface area contributed by atoms with E-state index in [-0.39, 0.29) is 5.56 Å². The van der Waals surface area contributed by atoms with Gasteiger partial charge in [-0.3, -0.25) is 9.36 Å². The fraction of sp³-hybridized carbons (Fsp3) is 0.158. The molecule has 3 rings (SSSR count). The van der Waals surface area contributed by atoms with Crippen LogP contribution in [0.5, 0.6) is 0 Å². The molecule has 1 heterocycles. The third-order valence-corrected chi connectivity index (χ3v) is 3.71. The first-order valence-electron chi connectivity index (χ1n) is 7.43. The molecule has 0 spiro atoms. The van der Waals surface area contributed by atoms with Gasteiger partial charge in [-0.2, -0.15) is 0 Å². The van der Waals surface area contributed by atoms with Crippen LogP contribution < -0.4 is 5.56 Å². The number of hydrogen-bond donors (Lipinski definition) is 0. The molecule has 0 saturated carbocycles. The van der Waals surface area contributed by atoms with E-state index in [4.69, 9.17) is 0 Å². The van der Waals surface area contributed by atoms with E-state index in [0.29, 0.717) is 17.8 Å². The van der Waals surface area contributed by atoms with Crippen molar-refractivity contribution in [1.82, 2.24) is 9.55 Å². The van der Waals surface area contributed by atoms with Crippen LogP contribution in [0.3, 0.4) is 0 Å². The largest absolute Gasteiger partial charge is 0.293 e. The predicted molar refractivity (Wildman–Crippen MR) is 91.8 cm³/mol. The highest BCUT2D eigenvalue weighted by Gasteiger charge is 2.06. The molecule has 2 aromatic carbocycles. The minimum Gasteiger partial charge on any atom is -0.293 e. The van der Waals surface area contributed by atoms with Gasteiger partial charge in [-0.1, -0.05) is 48.0 Å². The van der Waals surface area contributed by atoms with E-state index in [9.17, 15) is 4.79 Å². The van der Waals surface area contributed by atoms with Gasteiger partial charge < -0.3 is 0 Å². The Morgan fingerprint density at radius 1 is 1.05 bits per heavy atom. The highest BCUT2D eigenvalue weighted by molar-refractivity contribution is 5.79. The summed E-state index contributed by atoms with van der Waals surface area (Å²) >= 11 is 0. The first-order valence-corrected chi connectivity index (χ1v) is 7.43. The van der Waals surface area contributed by atoms with E-state index in [2.05, 4.69) is 36.2 Å². The van der Waals surface area contributed by atoms with Crippen molar-refractivity contribution < 1.29 is 0 Å². The summed E-state index contributed by atoms with van der Waals surface area (Å²) in [6, 6.07) is 15.7. The summed E-state index contributed by atoms with van der Waals surface area (Å²) in [7, 11) is 0. The molecule has 0 aliphatic heterocycles. The van der Waals surface area contributed by atoms with Crippen LogP contribution in [0, 0.1) is 6.92 Å². The van der Waals surface area contributed by atoms with Gasteiger partial charge in [0.15, 0.2) is 0 Å². The molecule has 3 aromatic rings. The van der Waals surface area contributed by atoms with Gasteiger partial charge in [0.2, 0.25) is 0 Å². The van der Waals surface area contributed by atoms with Crippen LogP contribution in [0.15, 0.2) is 53.3 Å². The van der Waals surface area contributed by atoms with Crippen molar-refractivity contribution in [1.29, 1.82) is 0 Å². The lowest BCUT2D eigenvalue weighted by atomic mass is 10.1. The van der Waals surface area contributed by atoms with Crippen LogP contribution in [0.2, 0.25) is 0 Å².